The van der Waals surface area contributed by atoms with Gasteiger partial charge in [-0.25, -0.2) is 0 Å². The van der Waals surface area contributed by atoms with Gasteiger partial charge in [-0.1, -0.05) is 6.92 Å². The number of aryl methyl sites for hydroxylation is 2. The van der Waals surface area contributed by atoms with Crippen LogP contribution in [0.4, 0.5) is 5.69 Å². The van der Waals surface area contributed by atoms with E-state index in [4.69, 9.17) is 11.1 Å². The average molecular weight is 246 g/mol. The van der Waals surface area contributed by atoms with Crippen LogP contribution in [0.1, 0.15) is 30.3 Å². The highest BCUT2D eigenvalue weighted by atomic mass is 15.1. The van der Waals surface area contributed by atoms with Crippen molar-refractivity contribution in [2.45, 2.75) is 27.2 Å². The molecule has 1 heterocycles. The lowest BCUT2D eigenvalue weighted by molar-refractivity contribution is 0.724. The van der Waals surface area contributed by atoms with E-state index in [1.54, 1.807) is 0 Å². The van der Waals surface area contributed by atoms with E-state index in [1.807, 2.05) is 19.9 Å². The van der Waals surface area contributed by atoms with Crippen LogP contribution in [0, 0.1) is 31.1 Å². The number of amidine groups is 1. The van der Waals surface area contributed by atoms with Gasteiger partial charge in [-0.05, 0) is 38.2 Å². The molecule has 0 radical (unpaired) electrons. The van der Waals surface area contributed by atoms with Gasteiger partial charge in [0.15, 0.2) is 0 Å². The lowest BCUT2D eigenvalue weighted by Crippen LogP contribution is -2.26. The summed E-state index contributed by atoms with van der Waals surface area (Å²) >= 11 is 0. The fourth-order valence-corrected chi connectivity index (χ4v) is 2.55. The minimum Gasteiger partial charge on any atom is -0.384 e. The molecule has 1 aromatic heterocycles. The van der Waals surface area contributed by atoms with E-state index in [1.165, 1.54) is 6.42 Å². The van der Waals surface area contributed by atoms with Crippen LogP contribution in [0.5, 0.6) is 0 Å². The van der Waals surface area contributed by atoms with Crippen LogP contribution >= 0.6 is 0 Å². The molecular formula is C14H22N4. The first-order chi connectivity index (χ1) is 8.40. The highest BCUT2D eigenvalue weighted by molar-refractivity contribution is 6.01. The Balaban J connectivity index is 2.32. The summed E-state index contributed by atoms with van der Waals surface area (Å²) in [6, 6.07) is 2.02. The number of nitrogens with zero attached hydrogens (tertiary/aromatic N) is 2. The predicted octanol–water partition coefficient (Wildman–Crippen LogP) is 2.07. The first kappa shape index (κ1) is 12.9. The van der Waals surface area contributed by atoms with Crippen molar-refractivity contribution in [3.05, 3.63) is 23.0 Å². The van der Waals surface area contributed by atoms with Crippen molar-refractivity contribution in [3.63, 3.8) is 0 Å². The fraction of sp³-hybridized carbons (Fsp3) is 0.571. The number of hydrogen-bond donors (Lipinski definition) is 2. The summed E-state index contributed by atoms with van der Waals surface area (Å²) in [5.74, 6) is 1.71. The second-order valence-corrected chi connectivity index (χ2v) is 5.51. The van der Waals surface area contributed by atoms with Gasteiger partial charge < -0.3 is 10.6 Å². The second-order valence-electron chi connectivity index (χ2n) is 5.51. The molecule has 0 aromatic carbocycles. The number of nitrogen functional groups attached to an aromatic ring is 1. The van der Waals surface area contributed by atoms with Gasteiger partial charge in [0.2, 0.25) is 0 Å². The molecule has 2 rings (SSSR count). The first-order valence-electron chi connectivity index (χ1n) is 6.44. The van der Waals surface area contributed by atoms with Gasteiger partial charge in [-0.15, -0.1) is 0 Å². The molecule has 18 heavy (non-hydrogen) atoms. The summed E-state index contributed by atoms with van der Waals surface area (Å²) in [6.45, 7) is 7.21. The summed E-state index contributed by atoms with van der Waals surface area (Å²) < 4.78 is 0. The topological polar surface area (TPSA) is 66.0 Å². The van der Waals surface area contributed by atoms with E-state index in [0.717, 1.165) is 41.0 Å². The number of aromatic nitrogens is 1. The van der Waals surface area contributed by atoms with Crippen LogP contribution in [0.2, 0.25) is 0 Å². The standard InChI is InChI=1S/C14H22N4/c1-8-5-11(8)7-18(4)12-6-9(2)17-10(3)13(12)14(15)16/h6,8,11H,5,7H2,1-4H3,(H3,15,16). The maximum atomic E-state index is 7.73. The molecular weight excluding hydrogens is 224 g/mol. The van der Waals surface area contributed by atoms with Crippen molar-refractivity contribution >= 4 is 11.5 Å². The Kier molecular flexibility index (Phi) is 3.28. The first-order valence-corrected chi connectivity index (χ1v) is 6.44. The minimum absolute atomic E-state index is 0.102. The number of rotatable bonds is 4. The molecule has 0 saturated heterocycles. The summed E-state index contributed by atoms with van der Waals surface area (Å²) in [6.07, 6.45) is 1.31. The van der Waals surface area contributed by atoms with E-state index in [9.17, 15) is 0 Å². The largest absolute Gasteiger partial charge is 0.384 e. The molecule has 1 fully saturated rings. The minimum atomic E-state index is 0.102. The van der Waals surface area contributed by atoms with Crippen LogP contribution in [0.3, 0.4) is 0 Å². The molecule has 2 atom stereocenters. The summed E-state index contributed by atoms with van der Waals surface area (Å²) in [5, 5.41) is 7.73. The van der Waals surface area contributed by atoms with E-state index >= 15 is 0 Å². The molecule has 2 unspecified atom stereocenters. The Morgan fingerprint density at radius 2 is 2.17 bits per heavy atom. The Bertz CT molecular complexity index is 481. The van der Waals surface area contributed by atoms with E-state index in [0.29, 0.717) is 0 Å². The number of hydrogen-bond acceptors (Lipinski definition) is 3. The van der Waals surface area contributed by atoms with E-state index in [-0.39, 0.29) is 5.84 Å². The molecule has 98 valence electrons. The number of pyridine rings is 1. The molecule has 1 aliphatic rings. The van der Waals surface area contributed by atoms with Crippen LogP contribution < -0.4 is 10.6 Å². The quantitative estimate of drug-likeness (QED) is 0.631. The molecule has 0 spiro atoms. The summed E-state index contributed by atoms with van der Waals surface area (Å²) in [4.78, 5) is 6.61. The van der Waals surface area contributed by atoms with Crippen LogP contribution in [0.25, 0.3) is 0 Å². The monoisotopic (exact) mass is 246 g/mol. The third kappa shape index (κ3) is 2.47. The Morgan fingerprint density at radius 3 is 2.67 bits per heavy atom. The van der Waals surface area contributed by atoms with E-state index < -0.39 is 0 Å². The molecule has 1 saturated carbocycles. The highest BCUT2D eigenvalue weighted by Crippen LogP contribution is 2.39. The maximum Gasteiger partial charge on any atom is 0.126 e. The lowest BCUT2D eigenvalue weighted by atomic mass is 10.1. The van der Waals surface area contributed by atoms with Gasteiger partial charge in [-0.3, -0.25) is 10.4 Å². The Hall–Kier alpha value is -1.58. The van der Waals surface area contributed by atoms with Gasteiger partial charge >= 0.3 is 0 Å². The highest BCUT2D eigenvalue weighted by Gasteiger charge is 2.33. The molecule has 0 aliphatic heterocycles. The van der Waals surface area contributed by atoms with E-state index in [2.05, 4.69) is 23.9 Å². The van der Waals surface area contributed by atoms with Crippen molar-refractivity contribution < 1.29 is 0 Å². The van der Waals surface area contributed by atoms with Crippen molar-refractivity contribution in [1.29, 1.82) is 5.41 Å². The van der Waals surface area contributed by atoms with Gasteiger partial charge in [0.25, 0.3) is 0 Å². The molecule has 0 amide bonds. The van der Waals surface area contributed by atoms with Crippen molar-refractivity contribution in [3.8, 4) is 0 Å². The second kappa shape index (κ2) is 4.59. The SMILES string of the molecule is Cc1cc(N(C)CC2CC2C)c(C(=N)N)c(C)n1. The van der Waals surface area contributed by atoms with Crippen LogP contribution in [-0.4, -0.2) is 24.4 Å². The molecule has 0 bridgehead atoms. The summed E-state index contributed by atoms with van der Waals surface area (Å²) in [5.41, 5.74) is 9.32. The zero-order valence-electron chi connectivity index (χ0n) is 11.6. The third-order valence-corrected chi connectivity index (χ3v) is 3.77. The van der Waals surface area contributed by atoms with Crippen molar-refractivity contribution in [2.24, 2.45) is 17.6 Å². The van der Waals surface area contributed by atoms with Crippen LogP contribution in [0.15, 0.2) is 6.07 Å². The summed E-state index contributed by atoms with van der Waals surface area (Å²) in [7, 11) is 2.08. The van der Waals surface area contributed by atoms with Gasteiger partial charge in [0.05, 0.1) is 16.9 Å². The van der Waals surface area contributed by atoms with Gasteiger partial charge in [-0.2, -0.15) is 0 Å². The molecule has 1 aliphatic carbocycles. The number of nitrogens with one attached hydrogen (secondary N) is 1. The Labute approximate surface area is 109 Å². The average Bonchev–Trinajstić information content (AvgIpc) is 2.92. The fourth-order valence-electron chi connectivity index (χ4n) is 2.55. The zero-order chi connectivity index (χ0) is 13.4. The van der Waals surface area contributed by atoms with Crippen molar-refractivity contribution in [1.82, 2.24) is 4.98 Å². The smallest absolute Gasteiger partial charge is 0.126 e. The zero-order valence-corrected chi connectivity index (χ0v) is 11.6. The van der Waals surface area contributed by atoms with Crippen molar-refractivity contribution in [2.75, 3.05) is 18.5 Å². The molecule has 4 heteroatoms. The maximum absolute atomic E-state index is 7.73. The molecule has 1 aromatic rings. The predicted molar refractivity (Wildman–Crippen MR) is 75.3 cm³/mol. The third-order valence-electron chi connectivity index (χ3n) is 3.77. The Morgan fingerprint density at radius 1 is 1.56 bits per heavy atom. The van der Waals surface area contributed by atoms with Gasteiger partial charge in [0.1, 0.15) is 5.84 Å². The normalized spacial score (nSPS) is 21.8. The number of anilines is 1. The van der Waals surface area contributed by atoms with Gasteiger partial charge in [0, 0.05) is 19.3 Å². The number of nitrogens with two attached hydrogens (primary N) is 1. The molecule has 3 N–H and O–H groups in total. The molecule has 4 nitrogen and oxygen atoms in total. The lowest BCUT2D eigenvalue weighted by Gasteiger charge is -2.23. The van der Waals surface area contributed by atoms with Crippen LogP contribution in [-0.2, 0) is 0 Å².